The number of nitrogens with zero attached hydrogens (tertiary/aromatic N) is 3. The molecule has 1 aromatic heterocycles. The molecule has 0 spiro atoms. The van der Waals surface area contributed by atoms with Crippen molar-refractivity contribution in [3.63, 3.8) is 0 Å². The summed E-state index contributed by atoms with van der Waals surface area (Å²) in [6.07, 6.45) is 1.35. The summed E-state index contributed by atoms with van der Waals surface area (Å²) in [5.41, 5.74) is 0. The predicted molar refractivity (Wildman–Crippen MR) is 85.9 cm³/mol. The molecule has 20 heavy (non-hydrogen) atoms. The predicted octanol–water partition coefficient (Wildman–Crippen LogP) is 3.73. The van der Waals surface area contributed by atoms with E-state index in [1.54, 1.807) is 6.07 Å². The summed E-state index contributed by atoms with van der Waals surface area (Å²) in [6, 6.07) is 3.70. The van der Waals surface area contributed by atoms with E-state index in [9.17, 15) is 0 Å². The SMILES string of the molecule is CC(C)(C)[Si](C)(C)OC1CCN(c2ccc(Cl)nn2)C1. The molecule has 0 N–H and O–H groups in total. The highest BCUT2D eigenvalue weighted by molar-refractivity contribution is 6.74. The molecule has 0 aliphatic carbocycles. The van der Waals surface area contributed by atoms with Crippen molar-refractivity contribution in [2.24, 2.45) is 0 Å². The zero-order chi connectivity index (χ0) is 15.0. The molecule has 2 rings (SSSR count). The van der Waals surface area contributed by atoms with Gasteiger partial charge in [0, 0.05) is 13.1 Å². The largest absolute Gasteiger partial charge is 0.412 e. The van der Waals surface area contributed by atoms with Gasteiger partial charge in [-0.25, -0.2) is 0 Å². The lowest BCUT2D eigenvalue weighted by molar-refractivity contribution is 0.202. The Morgan fingerprint density at radius 2 is 2.00 bits per heavy atom. The van der Waals surface area contributed by atoms with Gasteiger partial charge in [-0.05, 0) is 36.7 Å². The normalized spacial score (nSPS) is 20.5. The third kappa shape index (κ3) is 3.51. The van der Waals surface area contributed by atoms with Crippen LogP contribution in [0.1, 0.15) is 27.2 Å². The van der Waals surface area contributed by atoms with E-state index >= 15 is 0 Å². The summed E-state index contributed by atoms with van der Waals surface area (Å²) >= 11 is 5.77. The van der Waals surface area contributed by atoms with Crippen molar-refractivity contribution in [2.45, 2.75) is 51.4 Å². The van der Waals surface area contributed by atoms with Gasteiger partial charge in [0.15, 0.2) is 19.3 Å². The first-order chi connectivity index (χ1) is 9.19. The van der Waals surface area contributed by atoms with Crippen molar-refractivity contribution in [3.8, 4) is 0 Å². The fourth-order valence-electron chi connectivity index (χ4n) is 2.10. The van der Waals surface area contributed by atoms with E-state index in [2.05, 4.69) is 49.0 Å². The molecule has 1 saturated heterocycles. The molecule has 112 valence electrons. The molecule has 1 atom stereocenters. The Balaban J connectivity index is 1.98. The van der Waals surface area contributed by atoms with Gasteiger partial charge < -0.3 is 9.33 Å². The second kappa shape index (κ2) is 5.62. The van der Waals surface area contributed by atoms with Crippen LogP contribution in [0.5, 0.6) is 0 Å². The Hall–Kier alpha value is -0.653. The zero-order valence-corrected chi connectivity index (χ0v) is 14.7. The van der Waals surface area contributed by atoms with Crippen molar-refractivity contribution in [1.29, 1.82) is 0 Å². The third-order valence-corrected chi connectivity index (χ3v) is 9.09. The summed E-state index contributed by atoms with van der Waals surface area (Å²) < 4.78 is 6.46. The molecule has 1 aliphatic heterocycles. The lowest BCUT2D eigenvalue weighted by Gasteiger charge is -2.38. The van der Waals surface area contributed by atoms with Gasteiger partial charge >= 0.3 is 0 Å². The molecular formula is C14H24ClN3OSi. The van der Waals surface area contributed by atoms with Crippen LogP contribution in [0.15, 0.2) is 12.1 Å². The molecule has 0 amide bonds. The molecule has 0 saturated carbocycles. The van der Waals surface area contributed by atoms with Gasteiger partial charge in [-0.15, -0.1) is 10.2 Å². The molecule has 1 aliphatic rings. The Labute approximate surface area is 127 Å². The van der Waals surface area contributed by atoms with Gasteiger partial charge in [-0.2, -0.15) is 0 Å². The standard InChI is InChI=1S/C14H24ClN3OSi/c1-14(2,3)20(4,5)19-11-8-9-18(10-11)13-7-6-12(15)16-17-13/h6-7,11H,8-10H2,1-5H3. The Kier molecular flexibility index (Phi) is 4.42. The highest BCUT2D eigenvalue weighted by atomic mass is 35.5. The molecular weight excluding hydrogens is 290 g/mol. The van der Waals surface area contributed by atoms with Gasteiger partial charge in [0.25, 0.3) is 0 Å². The van der Waals surface area contributed by atoms with E-state index in [0.29, 0.717) is 11.3 Å². The number of halogens is 1. The van der Waals surface area contributed by atoms with Crippen LogP contribution in [0.25, 0.3) is 0 Å². The topological polar surface area (TPSA) is 38.2 Å². The maximum atomic E-state index is 6.46. The van der Waals surface area contributed by atoms with Crippen molar-refractivity contribution < 1.29 is 4.43 Å². The van der Waals surface area contributed by atoms with Crippen LogP contribution in [-0.4, -0.2) is 37.7 Å². The van der Waals surface area contributed by atoms with Crippen LogP contribution in [0.4, 0.5) is 5.82 Å². The molecule has 1 fully saturated rings. The lowest BCUT2D eigenvalue weighted by atomic mass is 10.2. The van der Waals surface area contributed by atoms with Gasteiger partial charge in [0.1, 0.15) is 0 Å². The molecule has 0 radical (unpaired) electrons. The maximum Gasteiger partial charge on any atom is 0.192 e. The van der Waals surface area contributed by atoms with E-state index in [4.69, 9.17) is 16.0 Å². The Bertz CT molecular complexity index is 458. The second-order valence-corrected chi connectivity index (χ2v) is 12.1. The van der Waals surface area contributed by atoms with Crippen LogP contribution in [0.2, 0.25) is 23.3 Å². The Morgan fingerprint density at radius 1 is 1.30 bits per heavy atom. The average Bonchev–Trinajstić information content (AvgIpc) is 2.76. The smallest absolute Gasteiger partial charge is 0.192 e. The summed E-state index contributed by atoms with van der Waals surface area (Å²) in [7, 11) is -1.69. The van der Waals surface area contributed by atoms with Gasteiger partial charge in [0.05, 0.1) is 6.10 Å². The number of anilines is 1. The number of hydrogen-bond acceptors (Lipinski definition) is 4. The van der Waals surface area contributed by atoms with Crippen molar-refractivity contribution in [3.05, 3.63) is 17.3 Å². The molecule has 2 heterocycles. The molecule has 1 aromatic rings. The maximum absolute atomic E-state index is 6.46. The summed E-state index contributed by atoms with van der Waals surface area (Å²) in [5, 5.41) is 8.73. The molecule has 4 nitrogen and oxygen atoms in total. The van der Waals surface area contributed by atoms with Crippen LogP contribution < -0.4 is 4.90 Å². The van der Waals surface area contributed by atoms with Crippen LogP contribution >= 0.6 is 11.6 Å². The lowest BCUT2D eigenvalue weighted by Crippen LogP contribution is -2.44. The molecule has 0 aromatic carbocycles. The highest BCUT2D eigenvalue weighted by Crippen LogP contribution is 2.38. The van der Waals surface area contributed by atoms with Gasteiger partial charge in [0.2, 0.25) is 0 Å². The van der Waals surface area contributed by atoms with Gasteiger partial charge in [-0.1, -0.05) is 32.4 Å². The summed E-state index contributed by atoms with van der Waals surface area (Å²) in [5.74, 6) is 0.885. The van der Waals surface area contributed by atoms with E-state index < -0.39 is 8.32 Å². The Morgan fingerprint density at radius 3 is 2.55 bits per heavy atom. The minimum absolute atomic E-state index is 0.250. The second-order valence-electron chi connectivity index (χ2n) is 6.95. The first kappa shape index (κ1) is 15.7. The highest BCUT2D eigenvalue weighted by Gasteiger charge is 2.40. The van der Waals surface area contributed by atoms with Crippen molar-refractivity contribution in [1.82, 2.24) is 10.2 Å². The van der Waals surface area contributed by atoms with Crippen molar-refractivity contribution >= 4 is 25.7 Å². The van der Waals surface area contributed by atoms with Crippen molar-refractivity contribution in [2.75, 3.05) is 18.0 Å². The first-order valence-electron chi connectivity index (χ1n) is 7.11. The number of rotatable bonds is 3. The summed E-state index contributed by atoms with van der Waals surface area (Å²) in [4.78, 5) is 2.22. The molecule has 0 bridgehead atoms. The van der Waals surface area contributed by atoms with E-state index in [0.717, 1.165) is 25.3 Å². The zero-order valence-electron chi connectivity index (χ0n) is 13.0. The monoisotopic (exact) mass is 313 g/mol. The quantitative estimate of drug-likeness (QED) is 0.797. The van der Waals surface area contributed by atoms with Crippen LogP contribution in [-0.2, 0) is 4.43 Å². The number of aromatic nitrogens is 2. The van der Waals surface area contributed by atoms with Gasteiger partial charge in [-0.3, -0.25) is 0 Å². The van der Waals surface area contributed by atoms with E-state index in [-0.39, 0.29) is 5.04 Å². The van der Waals surface area contributed by atoms with Crippen LogP contribution in [0, 0.1) is 0 Å². The fraction of sp³-hybridized carbons (Fsp3) is 0.714. The minimum atomic E-state index is -1.69. The van der Waals surface area contributed by atoms with Crippen LogP contribution in [0.3, 0.4) is 0 Å². The summed E-state index contributed by atoms with van der Waals surface area (Å²) in [6.45, 7) is 13.3. The molecule has 6 heteroatoms. The van der Waals surface area contributed by atoms with E-state index in [1.807, 2.05) is 6.07 Å². The third-order valence-electron chi connectivity index (χ3n) is 4.35. The number of hydrogen-bond donors (Lipinski definition) is 0. The first-order valence-corrected chi connectivity index (χ1v) is 10.4. The molecule has 1 unspecified atom stereocenters. The van der Waals surface area contributed by atoms with E-state index in [1.165, 1.54) is 0 Å². The fourth-order valence-corrected chi connectivity index (χ4v) is 3.58. The average molecular weight is 314 g/mol. The minimum Gasteiger partial charge on any atom is -0.412 e.